The van der Waals surface area contributed by atoms with E-state index in [2.05, 4.69) is 117 Å². The predicted molar refractivity (Wildman–Crippen MR) is 125 cm³/mol. The van der Waals surface area contributed by atoms with Crippen LogP contribution in [0.5, 0.6) is 0 Å². The van der Waals surface area contributed by atoms with Crippen molar-refractivity contribution < 1.29 is 0 Å². The van der Waals surface area contributed by atoms with Gasteiger partial charge in [0.1, 0.15) is 0 Å². The fourth-order valence-electron chi connectivity index (χ4n) is 3.35. The highest BCUT2D eigenvalue weighted by atomic mass is 14.7. The molecule has 3 aromatic rings. The molecule has 0 fully saturated rings. The largest absolute Gasteiger partial charge is 0.264 e. The number of hydrogen-bond acceptors (Lipinski definition) is 1. The van der Waals surface area contributed by atoms with E-state index < -0.39 is 0 Å². The van der Waals surface area contributed by atoms with Crippen LogP contribution in [0.2, 0.25) is 0 Å². The van der Waals surface area contributed by atoms with Gasteiger partial charge in [-0.05, 0) is 40.6 Å². The van der Waals surface area contributed by atoms with Gasteiger partial charge >= 0.3 is 0 Å². The van der Waals surface area contributed by atoms with Gasteiger partial charge in [0, 0.05) is 5.56 Å². The summed E-state index contributed by atoms with van der Waals surface area (Å²) in [6.45, 7) is 8.02. The average molecular weight is 366 g/mol. The van der Waals surface area contributed by atoms with Crippen molar-refractivity contribution >= 4 is 23.2 Å². The Labute approximate surface area is 168 Å². The summed E-state index contributed by atoms with van der Waals surface area (Å²) >= 11 is 0. The number of nitrogens with zero attached hydrogens (tertiary/aromatic N) is 1. The number of allylic oxidation sites excluding steroid dienone is 5. The molecule has 0 unspecified atom stereocenters. The lowest BCUT2D eigenvalue weighted by Crippen LogP contribution is -1.90. The monoisotopic (exact) mass is 365 g/mol. The van der Waals surface area contributed by atoms with E-state index in [9.17, 15) is 0 Å². The molecule has 1 aliphatic rings. The fourth-order valence-corrected chi connectivity index (χ4v) is 3.35. The molecule has 4 rings (SSSR count). The van der Waals surface area contributed by atoms with Crippen LogP contribution in [0.25, 0.3) is 27.6 Å². The minimum atomic E-state index is 0.899. The summed E-state index contributed by atoms with van der Waals surface area (Å²) in [4.78, 5) is 4.28. The molecule has 1 aliphatic carbocycles. The van der Waals surface area contributed by atoms with Crippen molar-refractivity contribution in [3.63, 3.8) is 0 Å². The summed E-state index contributed by atoms with van der Waals surface area (Å²) in [5.41, 5.74) is 5.74. The lowest BCUT2D eigenvalue weighted by Gasteiger charge is -2.11. The summed E-state index contributed by atoms with van der Waals surface area (Å²) in [6, 6.07) is 23.6. The number of aliphatic imine (C=N–C) groups is 1. The van der Waals surface area contributed by atoms with Crippen LogP contribution in [0.3, 0.4) is 0 Å². The Bertz CT molecular complexity index is 1030. The molecule has 0 N–H and O–H groups in total. The number of hydrogen-bond donors (Lipinski definition) is 0. The first-order chi connectivity index (χ1) is 13.8. The maximum absolute atomic E-state index is 4.28. The minimum Gasteiger partial charge on any atom is -0.264 e. The van der Waals surface area contributed by atoms with E-state index in [-0.39, 0.29) is 0 Å². The van der Waals surface area contributed by atoms with Crippen LogP contribution >= 0.6 is 0 Å². The van der Waals surface area contributed by atoms with Gasteiger partial charge in [0.2, 0.25) is 0 Å². The fraction of sp³-hybridized carbons (Fsp3) is 0.148. The third-order valence-electron chi connectivity index (χ3n) is 4.60. The summed E-state index contributed by atoms with van der Waals surface area (Å²) in [6.07, 6.45) is 10.5. The van der Waals surface area contributed by atoms with Crippen molar-refractivity contribution in [2.45, 2.75) is 26.7 Å². The molecular weight excluding hydrogens is 338 g/mol. The van der Waals surface area contributed by atoms with E-state index in [4.69, 9.17) is 0 Å². The average Bonchev–Trinajstić information content (AvgIpc) is 2.76. The molecule has 0 saturated heterocycles. The standard InChI is InChI=1S/C24H19N.C3H8/c1-25-24(20-9-3-2-4-10-20)21-16-14-19(15-17-21)23-13-7-11-18-8-5-6-12-22(18)23;1-3-2/h2-9,11-17H,1,10H2;3H2,1-2H3/b24-20-;. The number of benzene rings is 3. The second-order valence-corrected chi connectivity index (χ2v) is 6.83. The first kappa shape index (κ1) is 19.6. The molecule has 28 heavy (non-hydrogen) atoms. The summed E-state index contributed by atoms with van der Waals surface area (Å²) in [5, 5.41) is 2.54. The summed E-state index contributed by atoms with van der Waals surface area (Å²) < 4.78 is 0. The quantitative estimate of drug-likeness (QED) is 0.419. The van der Waals surface area contributed by atoms with E-state index in [1.807, 2.05) is 0 Å². The first-order valence-corrected chi connectivity index (χ1v) is 9.90. The van der Waals surface area contributed by atoms with Gasteiger partial charge in [-0.3, -0.25) is 4.99 Å². The maximum atomic E-state index is 4.28. The van der Waals surface area contributed by atoms with Crippen molar-refractivity contribution in [2.24, 2.45) is 4.99 Å². The van der Waals surface area contributed by atoms with Gasteiger partial charge in [0.15, 0.2) is 0 Å². The van der Waals surface area contributed by atoms with Gasteiger partial charge in [0.05, 0.1) is 5.70 Å². The van der Waals surface area contributed by atoms with Gasteiger partial charge in [-0.25, -0.2) is 0 Å². The highest BCUT2D eigenvalue weighted by Gasteiger charge is 2.08. The van der Waals surface area contributed by atoms with Crippen molar-refractivity contribution in [3.05, 3.63) is 102 Å². The Morgan fingerprint density at radius 3 is 2.29 bits per heavy atom. The second kappa shape index (κ2) is 9.66. The molecule has 0 amide bonds. The molecule has 0 atom stereocenters. The Morgan fingerprint density at radius 1 is 0.893 bits per heavy atom. The molecule has 0 radical (unpaired) electrons. The van der Waals surface area contributed by atoms with Crippen molar-refractivity contribution in [2.75, 3.05) is 0 Å². The Balaban J connectivity index is 0.000000706. The van der Waals surface area contributed by atoms with Crippen LogP contribution in [-0.4, -0.2) is 6.72 Å². The van der Waals surface area contributed by atoms with E-state index in [1.165, 1.54) is 33.9 Å². The van der Waals surface area contributed by atoms with Gasteiger partial charge in [-0.15, -0.1) is 0 Å². The number of fused-ring (bicyclic) bond motifs is 1. The predicted octanol–water partition coefficient (Wildman–Crippen LogP) is 7.85. The third kappa shape index (κ3) is 4.37. The third-order valence-corrected chi connectivity index (χ3v) is 4.60. The van der Waals surface area contributed by atoms with Crippen molar-refractivity contribution in [1.29, 1.82) is 0 Å². The van der Waals surface area contributed by atoms with Gasteiger partial charge in [-0.2, -0.15) is 0 Å². The Hall–Kier alpha value is -3.19. The van der Waals surface area contributed by atoms with Gasteiger partial charge < -0.3 is 0 Å². The zero-order valence-corrected chi connectivity index (χ0v) is 16.7. The van der Waals surface area contributed by atoms with Crippen LogP contribution in [0, 0.1) is 0 Å². The second-order valence-electron chi connectivity index (χ2n) is 6.83. The topological polar surface area (TPSA) is 12.4 Å². The Kier molecular flexibility index (Phi) is 6.75. The van der Waals surface area contributed by atoms with Crippen LogP contribution in [0.15, 0.2) is 102 Å². The molecule has 1 nitrogen and oxygen atoms in total. The van der Waals surface area contributed by atoms with E-state index in [1.54, 1.807) is 0 Å². The SMILES string of the molecule is C=N/C(=C1/C=CC=CC1)c1ccc(-c2cccc3ccccc23)cc1.CCC. The maximum Gasteiger partial charge on any atom is 0.0729 e. The molecular formula is C27H27N. The summed E-state index contributed by atoms with van der Waals surface area (Å²) in [5.74, 6) is 0. The lowest BCUT2D eigenvalue weighted by molar-refractivity contribution is 1.09. The molecule has 3 aromatic carbocycles. The molecule has 0 spiro atoms. The Morgan fingerprint density at radius 2 is 1.61 bits per heavy atom. The van der Waals surface area contributed by atoms with Crippen LogP contribution in [0.1, 0.15) is 32.3 Å². The molecule has 0 heterocycles. The summed E-state index contributed by atoms with van der Waals surface area (Å²) in [7, 11) is 0. The first-order valence-electron chi connectivity index (χ1n) is 9.90. The van der Waals surface area contributed by atoms with E-state index in [0.717, 1.165) is 17.7 Å². The van der Waals surface area contributed by atoms with E-state index >= 15 is 0 Å². The molecule has 1 heteroatoms. The van der Waals surface area contributed by atoms with Crippen molar-refractivity contribution in [1.82, 2.24) is 0 Å². The molecule has 0 saturated carbocycles. The van der Waals surface area contributed by atoms with E-state index in [0.29, 0.717) is 0 Å². The molecule has 0 aliphatic heterocycles. The zero-order valence-electron chi connectivity index (χ0n) is 16.7. The van der Waals surface area contributed by atoms with Crippen LogP contribution < -0.4 is 0 Å². The normalized spacial score (nSPS) is 14.4. The zero-order chi connectivity index (χ0) is 19.8. The highest BCUT2D eigenvalue weighted by molar-refractivity contribution is 5.96. The van der Waals surface area contributed by atoms with Gasteiger partial charge in [-0.1, -0.05) is 111 Å². The lowest BCUT2D eigenvalue weighted by atomic mass is 9.96. The number of rotatable bonds is 3. The smallest absolute Gasteiger partial charge is 0.0729 e. The highest BCUT2D eigenvalue weighted by Crippen LogP contribution is 2.31. The minimum absolute atomic E-state index is 0.899. The molecule has 140 valence electrons. The van der Waals surface area contributed by atoms with Crippen molar-refractivity contribution in [3.8, 4) is 11.1 Å². The molecule has 0 bridgehead atoms. The molecule has 0 aromatic heterocycles. The van der Waals surface area contributed by atoms with Crippen LogP contribution in [-0.2, 0) is 0 Å². The van der Waals surface area contributed by atoms with Gasteiger partial charge in [0.25, 0.3) is 0 Å². The van der Waals surface area contributed by atoms with Crippen LogP contribution in [0.4, 0.5) is 0 Å².